The van der Waals surface area contributed by atoms with Gasteiger partial charge in [-0.05, 0) is 18.1 Å². The van der Waals surface area contributed by atoms with Gasteiger partial charge in [-0.15, -0.1) is 11.3 Å². The molecule has 2 aromatic carbocycles. The Morgan fingerprint density at radius 1 is 1.10 bits per heavy atom. The van der Waals surface area contributed by atoms with Crippen LogP contribution in [0.5, 0.6) is 0 Å². The second-order valence-corrected chi connectivity index (χ2v) is 8.06. The summed E-state index contributed by atoms with van der Waals surface area (Å²) in [6.45, 7) is 1.98. The minimum Gasteiger partial charge on any atom is -0.382 e. The number of hydrogen-bond donors (Lipinski definition) is 0. The van der Waals surface area contributed by atoms with Gasteiger partial charge in [0.15, 0.2) is 0 Å². The van der Waals surface area contributed by atoms with E-state index in [1.807, 2.05) is 48.7 Å². The summed E-state index contributed by atoms with van der Waals surface area (Å²) in [5.41, 5.74) is 3.15. The highest BCUT2D eigenvalue weighted by molar-refractivity contribution is 7.09. The first-order chi connectivity index (χ1) is 14.1. The SMILES string of the molecule is C[C@@H](c1nccs1)N(C)C(=O)[C@@H]1CC(C(c2ccccc2)c2ccccc2)=NO1. The Bertz CT molecular complexity index is 934. The van der Waals surface area contributed by atoms with Gasteiger partial charge in [-0.2, -0.15) is 0 Å². The van der Waals surface area contributed by atoms with Gasteiger partial charge in [-0.1, -0.05) is 65.8 Å². The Balaban J connectivity index is 1.53. The van der Waals surface area contributed by atoms with E-state index >= 15 is 0 Å². The fraction of sp³-hybridized carbons (Fsp3) is 0.261. The molecule has 0 fully saturated rings. The number of benzene rings is 2. The molecule has 6 heteroatoms. The van der Waals surface area contributed by atoms with Crippen molar-refractivity contribution in [3.63, 3.8) is 0 Å². The Morgan fingerprint density at radius 2 is 1.72 bits per heavy atom. The summed E-state index contributed by atoms with van der Waals surface area (Å²) >= 11 is 1.54. The fourth-order valence-electron chi connectivity index (χ4n) is 3.59. The normalized spacial score (nSPS) is 16.9. The van der Waals surface area contributed by atoms with Crippen molar-refractivity contribution >= 4 is 23.0 Å². The molecule has 0 saturated heterocycles. The number of likely N-dealkylation sites (N-methyl/N-ethyl adjacent to an activating group) is 1. The maximum absolute atomic E-state index is 13.0. The highest BCUT2D eigenvalue weighted by atomic mass is 32.1. The van der Waals surface area contributed by atoms with Gasteiger partial charge in [0.05, 0.1) is 17.7 Å². The highest BCUT2D eigenvalue weighted by Crippen LogP contribution is 2.32. The number of aromatic nitrogens is 1. The number of nitrogens with zero attached hydrogens (tertiary/aromatic N) is 3. The zero-order chi connectivity index (χ0) is 20.2. The zero-order valence-electron chi connectivity index (χ0n) is 16.4. The first kappa shape index (κ1) is 19.3. The van der Waals surface area contributed by atoms with Crippen molar-refractivity contribution in [2.45, 2.75) is 31.4 Å². The van der Waals surface area contributed by atoms with Crippen molar-refractivity contribution in [3.8, 4) is 0 Å². The van der Waals surface area contributed by atoms with Crippen molar-refractivity contribution in [1.29, 1.82) is 0 Å². The smallest absolute Gasteiger partial charge is 0.267 e. The predicted molar refractivity (Wildman–Crippen MR) is 115 cm³/mol. The highest BCUT2D eigenvalue weighted by Gasteiger charge is 2.36. The number of hydrogen-bond acceptors (Lipinski definition) is 5. The molecule has 29 heavy (non-hydrogen) atoms. The van der Waals surface area contributed by atoms with Crippen LogP contribution in [-0.2, 0) is 9.63 Å². The van der Waals surface area contributed by atoms with Gasteiger partial charge in [0.25, 0.3) is 5.91 Å². The summed E-state index contributed by atoms with van der Waals surface area (Å²) in [5.74, 6) is -0.108. The first-order valence-corrected chi connectivity index (χ1v) is 10.5. The standard InChI is InChI=1S/C23H23N3O2S/c1-16(22-24-13-14-29-22)26(2)23(27)20-15-19(25-28-20)21(17-9-5-3-6-10-17)18-11-7-4-8-12-18/h3-14,16,20-21H,15H2,1-2H3/t16-,20-/m0/s1. The Morgan fingerprint density at radius 3 is 2.28 bits per heavy atom. The predicted octanol–water partition coefficient (Wildman–Crippen LogP) is 4.64. The monoisotopic (exact) mass is 405 g/mol. The van der Waals surface area contributed by atoms with Crippen LogP contribution >= 0.6 is 11.3 Å². The average Bonchev–Trinajstić information content (AvgIpc) is 3.47. The van der Waals surface area contributed by atoms with E-state index in [1.54, 1.807) is 29.5 Å². The third-order valence-corrected chi connectivity index (χ3v) is 6.25. The van der Waals surface area contributed by atoms with Crippen molar-refractivity contribution in [3.05, 3.63) is 88.4 Å². The molecule has 0 N–H and O–H groups in total. The molecule has 3 aromatic rings. The summed E-state index contributed by atoms with van der Waals surface area (Å²) in [6.07, 6.45) is 1.63. The molecule has 0 unspecified atom stereocenters. The number of carbonyl (C=O) groups is 1. The molecule has 0 bridgehead atoms. The molecule has 0 saturated carbocycles. The molecule has 5 nitrogen and oxygen atoms in total. The number of carbonyl (C=O) groups excluding carboxylic acids is 1. The van der Waals surface area contributed by atoms with E-state index in [0.29, 0.717) is 6.42 Å². The van der Waals surface area contributed by atoms with E-state index in [1.165, 1.54) is 0 Å². The summed E-state index contributed by atoms with van der Waals surface area (Å²) in [4.78, 5) is 24.7. The van der Waals surface area contributed by atoms with E-state index in [4.69, 9.17) is 4.84 Å². The summed E-state index contributed by atoms with van der Waals surface area (Å²) in [6, 6.07) is 20.3. The number of rotatable bonds is 6. The van der Waals surface area contributed by atoms with Crippen LogP contribution in [0.3, 0.4) is 0 Å². The third kappa shape index (κ3) is 4.07. The van der Waals surface area contributed by atoms with E-state index in [0.717, 1.165) is 21.8 Å². The second-order valence-electron chi connectivity index (χ2n) is 7.13. The lowest BCUT2D eigenvalue weighted by Gasteiger charge is -2.25. The maximum atomic E-state index is 13.0. The molecule has 4 rings (SSSR count). The molecule has 2 heterocycles. The van der Waals surface area contributed by atoms with Crippen molar-refractivity contribution in [1.82, 2.24) is 9.88 Å². The molecular formula is C23H23N3O2S. The third-order valence-electron chi connectivity index (χ3n) is 5.30. The van der Waals surface area contributed by atoms with E-state index < -0.39 is 6.10 Å². The fourth-order valence-corrected chi connectivity index (χ4v) is 4.33. The quantitative estimate of drug-likeness (QED) is 0.600. The Labute approximate surface area is 174 Å². The van der Waals surface area contributed by atoms with Crippen LogP contribution in [0.2, 0.25) is 0 Å². The van der Waals surface area contributed by atoms with Crippen LogP contribution < -0.4 is 0 Å². The molecule has 0 radical (unpaired) electrons. The number of amides is 1. The van der Waals surface area contributed by atoms with Crippen molar-refractivity contribution < 1.29 is 9.63 Å². The Kier molecular flexibility index (Phi) is 5.71. The van der Waals surface area contributed by atoms with Crippen LogP contribution in [0, 0.1) is 0 Å². The van der Waals surface area contributed by atoms with Crippen LogP contribution in [0.1, 0.15) is 41.4 Å². The lowest BCUT2D eigenvalue weighted by molar-refractivity contribution is -0.142. The van der Waals surface area contributed by atoms with Gasteiger partial charge in [0.1, 0.15) is 5.01 Å². The topological polar surface area (TPSA) is 54.8 Å². The summed E-state index contributed by atoms with van der Waals surface area (Å²) in [5, 5.41) is 7.18. The summed E-state index contributed by atoms with van der Waals surface area (Å²) < 4.78 is 0. The number of thiazole rings is 1. The molecular weight excluding hydrogens is 382 g/mol. The van der Waals surface area contributed by atoms with Gasteiger partial charge in [0.2, 0.25) is 6.10 Å². The van der Waals surface area contributed by atoms with Gasteiger partial charge in [0, 0.05) is 25.0 Å². The molecule has 1 aromatic heterocycles. The van der Waals surface area contributed by atoms with E-state index in [9.17, 15) is 4.79 Å². The maximum Gasteiger partial charge on any atom is 0.267 e. The van der Waals surface area contributed by atoms with Gasteiger partial charge < -0.3 is 9.74 Å². The van der Waals surface area contributed by atoms with Crippen molar-refractivity contribution in [2.75, 3.05) is 7.05 Å². The zero-order valence-corrected chi connectivity index (χ0v) is 17.3. The minimum atomic E-state index is -0.604. The van der Waals surface area contributed by atoms with Crippen molar-refractivity contribution in [2.24, 2.45) is 5.16 Å². The average molecular weight is 406 g/mol. The van der Waals surface area contributed by atoms with Gasteiger partial charge >= 0.3 is 0 Å². The summed E-state index contributed by atoms with van der Waals surface area (Å²) in [7, 11) is 1.79. The lowest BCUT2D eigenvalue weighted by atomic mass is 9.85. The lowest BCUT2D eigenvalue weighted by Crippen LogP contribution is -2.38. The largest absolute Gasteiger partial charge is 0.382 e. The molecule has 2 atom stereocenters. The van der Waals surface area contributed by atoms with Crippen LogP contribution in [0.4, 0.5) is 0 Å². The van der Waals surface area contributed by atoms with Crippen LogP contribution in [-0.4, -0.2) is 34.7 Å². The molecule has 1 aliphatic rings. The molecule has 0 aliphatic carbocycles. The minimum absolute atomic E-state index is 0.0307. The van der Waals surface area contributed by atoms with E-state index in [2.05, 4.69) is 34.4 Å². The molecule has 1 amide bonds. The second kappa shape index (κ2) is 8.57. The first-order valence-electron chi connectivity index (χ1n) is 9.63. The molecule has 1 aliphatic heterocycles. The van der Waals surface area contributed by atoms with Crippen LogP contribution in [0.15, 0.2) is 77.4 Å². The number of oxime groups is 1. The Hall–Kier alpha value is -2.99. The van der Waals surface area contributed by atoms with Gasteiger partial charge in [-0.25, -0.2) is 4.98 Å². The molecule has 0 spiro atoms. The van der Waals surface area contributed by atoms with Gasteiger partial charge in [-0.3, -0.25) is 4.79 Å². The van der Waals surface area contributed by atoms with Crippen LogP contribution in [0.25, 0.3) is 0 Å². The molecule has 148 valence electrons. The van der Waals surface area contributed by atoms with E-state index in [-0.39, 0.29) is 17.9 Å².